The molecule has 1 aromatic rings. The zero-order valence-corrected chi connectivity index (χ0v) is 7.97. The highest BCUT2D eigenvalue weighted by Crippen LogP contribution is 2.36. The van der Waals surface area contributed by atoms with Crippen molar-refractivity contribution in [2.45, 2.75) is 12.3 Å². The molecule has 1 N–H and O–H groups in total. The first-order valence-electron chi connectivity index (χ1n) is 4.64. The smallest absolute Gasteiger partial charge is 0.304 e. The summed E-state index contributed by atoms with van der Waals surface area (Å²) in [6.45, 7) is 0.379. The van der Waals surface area contributed by atoms with Crippen molar-refractivity contribution in [1.82, 2.24) is 0 Å². The van der Waals surface area contributed by atoms with Crippen LogP contribution in [0.3, 0.4) is 0 Å². The van der Waals surface area contributed by atoms with E-state index in [1.54, 1.807) is 18.2 Å². The van der Waals surface area contributed by atoms with Crippen LogP contribution < -0.4 is 4.74 Å². The van der Waals surface area contributed by atoms with Crippen molar-refractivity contribution >= 4 is 12.3 Å². The van der Waals surface area contributed by atoms with E-state index in [-0.39, 0.29) is 12.3 Å². The fourth-order valence-electron chi connectivity index (χ4n) is 1.75. The largest absolute Gasteiger partial charge is 0.493 e. The van der Waals surface area contributed by atoms with Gasteiger partial charge in [0.1, 0.15) is 12.0 Å². The summed E-state index contributed by atoms with van der Waals surface area (Å²) in [6.07, 6.45) is 0.783. The Labute approximate surface area is 86.5 Å². The number of carbonyl (C=O) groups is 2. The number of benzene rings is 1. The van der Waals surface area contributed by atoms with Gasteiger partial charge >= 0.3 is 5.97 Å². The molecule has 1 unspecified atom stereocenters. The van der Waals surface area contributed by atoms with Crippen molar-refractivity contribution in [2.75, 3.05) is 6.61 Å². The molecule has 78 valence electrons. The number of hydrogen-bond donors (Lipinski definition) is 1. The molecule has 1 heterocycles. The summed E-state index contributed by atoms with van der Waals surface area (Å²) in [5, 5.41) is 8.70. The maximum atomic E-state index is 10.6. The maximum Gasteiger partial charge on any atom is 0.304 e. The van der Waals surface area contributed by atoms with Crippen LogP contribution in [0.5, 0.6) is 5.75 Å². The number of carboxylic acid groups (broad SMARTS) is 1. The van der Waals surface area contributed by atoms with E-state index in [0.717, 1.165) is 11.8 Å². The molecule has 0 aliphatic carbocycles. The molecule has 4 heteroatoms. The summed E-state index contributed by atoms with van der Waals surface area (Å²) < 4.78 is 5.33. The molecule has 1 atom stereocenters. The third kappa shape index (κ3) is 1.83. The van der Waals surface area contributed by atoms with E-state index in [1.165, 1.54) is 0 Å². The van der Waals surface area contributed by atoms with Gasteiger partial charge in [-0.25, -0.2) is 0 Å². The van der Waals surface area contributed by atoms with Crippen molar-refractivity contribution < 1.29 is 19.4 Å². The minimum absolute atomic E-state index is 0.0370. The van der Waals surface area contributed by atoms with Crippen LogP contribution in [0.4, 0.5) is 0 Å². The highest BCUT2D eigenvalue weighted by atomic mass is 16.5. The predicted octanol–water partition coefficient (Wildman–Crippen LogP) is 1.45. The third-order valence-corrected chi connectivity index (χ3v) is 2.47. The quantitative estimate of drug-likeness (QED) is 0.760. The molecule has 0 fully saturated rings. The summed E-state index contributed by atoms with van der Waals surface area (Å²) in [6, 6.07) is 5.07. The van der Waals surface area contributed by atoms with Crippen LogP contribution in [0, 0.1) is 0 Å². The maximum absolute atomic E-state index is 10.6. The first-order chi connectivity index (χ1) is 7.20. The van der Waals surface area contributed by atoms with Crippen molar-refractivity contribution in [2.24, 2.45) is 0 Å². The second-order valence-corrected chi connectivity index (χ2v) is 3.52. The van der Waals surface area contributed by atoms with E-state index in [9.17, 15) is 9.59 Å². The van der Waals surface area contributed by atoms with Gasteiger partial charge in [-0.3, -0.25) is 9.59 Å². The zero-order chi connectivity index (χ0) is 10.8. The Morgan fingerprint density at radius 3 is 3.07 bits per heavy atom. The normalized spacial score (nSPS) is 18.0. The topological polar surface area (TPSA) is 63.6 Å². The number of rotatable bonds is 3. The second-order valence-electron chi connectivity index (χ2n) is 3.52. The number of hydrogen-bond acceptors (Lipinski definition) is 3. The fourth-order valence-corrected chi connectivity index (χ4v) is 1.75. The van der Waals surface area contributed by atoms with E-state index < -0.39 is 5.97 Å². The van der Waals surface area contributed by atoms with E-state index in [0.29, 0.717) is 17.9 Å². The van der Waals surface area contributed by atoms with Crippen LogP contribution in [-0.4, -0.2) is 24.0 Å². The molecule has 0 amide bonds. The van der Waals surface area contributed by atoms with Crippen LogP contribution in [-0.2, 0) is 4.79 Å². The van der Waals surface area contributed by atoms with Gasteiger partial charge in [0.2, 0.25) is 0 Å². The molecule has 4 nitrogen and oxygen atoms in total. The Morgan fingerprint density at radius 2 is 2.40 bits per heavy atom. The van der Waals surface area contributed by atoms with Crippen LogP contribution in [0.1, 0.15) is 28.3 Å². The Morgan fingerprint density at radius 1 is 1.60 bits per heavy atom. The lowest BCUT2D eigenvalue weighted by molar-refractivity contribution is -0.137. The van der Waals surface area contributed by atoms with E-state index in [4.69, 9.17) is 9.84 Å². The summed E-state index contributed by atoms with van der Waals surface area (Å²) >= 11 is 0. The molecule has 0 spiro atoms. The molecule has 0 saturated heterocycles. The van der Waals surface area contributed by atoms with Crippen LogP contribution in [0.15, 0.2) is 18.2 Å². The molecule has 0 radical (unpaired) electrons. The molecule has 0 saturated carbocycles. The number of carbonyl (C=O) groups excluding carboxylic acids is 1. The number of aliphatic carboxylic acids is 1. The Hall–Kier alpha value is -1.84. The summed E-state index contributed by atoms with van der Waals surface area (Å²) in [5.74, 6) is -0.308. The lowest BCUT2D eigenvalue weighted by atomic mass is 9.96. The third-order valence-electron chi connectivity index (χ3n) is 2.47. The van der Waals surface area contributed by atoms with Gasteiger partial charge in [-0.15, -0.1) is 0 Å². The second kappa shape index (κ2) is 3.73. The van der Waals surface area contributed by atoms with Crippen molar-refractivity contribution in [3.8, 4) is 5.75 Å². The summed E-state index contributed by atoms with van der Waals surface area (Å²) in [7, 11) is 0. The monoisotopic (exact) mass is 206 g/mol. The Kier molecular flexibility index (Phi) is 2.41. The molecule has 1 aromatic carbocycles. The first-order valence-corrected chi connectivity index (χ1v) is 4.64. The van der Waals surface area contributed by atoms with E-state index in [2.05, 4.69) is 0 Å². The molecular weight excluding hydrogens is 196 g/mol. The van der Waals surface area contributed by atoms with E-state index in [1.807, 2.05) is 0 Å². The molecular formula is C11H10O4. The van der Waals surface area contributed by atoms with E-state index >= 15 is 0 Å². The highest BCUT2D eigenvalue weighted by molar-refractivity contribution is 5.76. The summed E-state index contributed by atoms with van der Waals surface area (Å²) in [5.41, 5.74) is 1.37. The zero-order valence-electron chi connectivity index (χ0n) is 7.97. The van der Waals surface area contributed by atoms with Gasteiger partial charge in [-0.1, -0.05) is 0 Å². The van der Waals surface area contributed by atoms with Crippen LogP contribution >= 0.6 is 0 Å². The standard InChI is InChI=1S/C11H10O4/c12-5-7-1-2-10-9(3-7)8(6-15-10)4-11(13)14/h1-3,5,8H,4,6H2,(H,13,14). The van der Waals surface area contributed by atoms with Gasteiger partial charge in [0.15, 0.2) is 0 Å². The van der Waals surface area contributed by atoms with Gasteiger partial charge < -0.3 is 9.84 Å². The van der Waals surface area contributed by atoms with Crippen molar-refractivity contribution in [3.63, 3.8) is 0 Å². The lowest BCUT2D eigenvalue weighted by Gasteiger charge is -2.04. The molecule has 1 aliphatic heterocycles. The summed E-state index contributed by atoms with van der Waals surface area (Å²) in [4.78, 5) is 21.2. The number of aldehydes is 1. The average molecular weight is 206 g/mol. The number of fused-ring (bicyclic) bond motifs is 1. The Balaban J connectivity index is 2.31. The molecule has 0 bridgehead atoms. The predicted molar refractivity (Wildman–Crippen MR) is 52.3 cm³/mol. The average Bonchev–Trinajstić information content (AvgIpc) is 2.60. The highest BCUT2D eigenvalue weighted by Gasteiger charge is 2.26. The lowest BCUT2D eigenvalue weighted by Crippen LogP contribution is -2.07. The molecule has 1 aliphatic rings. The number of carboxylic acids is 1. The van der Waals surface area contributed by atoms with Gasteiger partial charge in [0.05, 0.1) is 13.0 Å². The fraction of sp³-hybridized carbons (Fsp3) is 0.273. The molecule has 2 rings (SSSR count). The van der Waals surface area contributed by atoms with Gasteiger partial charge in [-0.2, -0.15) is 0 Å². The number of ether oxygens (including phenoxy) is 1. The van der Waals surface area contributed by atoms with Gasteiger partial charge in [0, 0.05) is 17.0 Å². The van der Waals surface area contributed by atoms with Crippen LogP contribution in [0.25, 0.3) is 0 Å². The van der Waals surface area contributed by atoms with Crippen molar-refractivity contribution in [3.05, 3.63) is 29.3 Å². The molecule has 0 aromatic heterocycles. The Bertz CT molecular complexity index is 411. The van der Waals surface area contributed by atoms with Crippen LogP contribution in [0.2, 0.25) is 0 Å². The SMILES string of the molecule is O=Cc1ccc2c(c1)C(CC(=O)O)CO2. The van der Waals surface area contributed by atoms with Crippen molar-refractivity contribution in [1.29, 1.82) is 0 Å². The first kappa shape index (κ1) is 9.71. The molecule has 15 heavy (non-hydrogen) atoms. The minimum atomic E-state index is -0.854. The van der Waals surface area contributed by atoms with Gasteiger partial charge in [0.25, 0.3) is 0 Å². The van der Waals surface area contributed by atoms with Gasteiger partial charge in [-0.05, 0) is 18.2 Å². The minimum Gasteiger partial charge on any atom is -0.493 e.